The van der Waals surface area contributed by atoms with Gasteiger partial charge in [0.05, 0.1) is 11.6 Å². The van der Waals surface area contributed by atoms with Crippen LogP contribution < -0.4 is 10.6 Å². The summed E-state index contributed by atoms with van der Waals surface area (Å²) in [7, 11) is 0. The predicted octanol–water partition coefficient (Wildman–Crippen LogP) is 1.31. The maximum Gasteiger partial charge on any atom is 0.230 e. The molecule has 0 spiro atoms. The smallest absolute Gasteiger partial charge is 0.230 e. The van der Waals surface area contributed by atoms with Gasteiger partial charge in [-0.25, -0.2) is 4.98 Å². The molecule has 5 heteroatoms. The first-order chi connectivity index (χ1) is 7.16. The first kappa shape index (κ1) is 10.6. The third kappa shape index (κ3) is 2.35. The van der Waals surface area contributed by atoms with Gasteiger partial charge in [0.1, 0.15) is 0 Å². The highest BCUT2D eigenvalue weighted by Gasteiger charge is 2.23. The Balaban J connectivity index is 1.99. The Morgan fingerprint density at radius 2 is 2.40 bits per heavy atom. The van der Waals surface area contributed by atoms with E-state index in [1.165, 1.54) is 11.3 Å². The number of hydrogen-bond acceptors (Lipinski definition) is 4. The Labute approximate surface area is 93.1 Å². The van der Waals surface area contributed by atoms with E-state index >= 15 is 0 Å². The van der Waals surface area contributed by atoms with E-state index in [2.05, 4.69) is 15.6 Å². The van der Waals surface area contributed by atoms with Crippen LogP contribution in [-0.4, -0.2) is 24.0 Å². The molecule has 2 heterocycles. The first-order valence-electron chi connectivity index (χ1n) is 5.12. The zero-order chi connectivity index (χ0) is 10.8. The summed E-state index contributed by atoms with van der Waals surface area (Å²) in [6, 6.07) is 0. The van der Waals surface area contributed by atoms with Crippen LogP contribution in [0.4, 0.5) is 5.13 Å². The highest BCUT2D eigenvalue weighted by atomic mass is 32.1. The summed E-state index contributed by atoms with van der Waals surface area (Å²) in [6.07, 6.45) is 0.926. The predicted molar refractivity (Wildman–Crippen MR) is 61.2 cm³/mol. The number of carbonyl (C=O) groups excluding carboxylic acids is 1. The largest absolute Gasteiger partial charge is 0.316 e. The summed E-state index contributed by atoms with van der Waals surface area (Å²) in [4.78, 5) is 17.2. The summed E-state index contributed by atoms with van der Waals surface area (Å²) >= 11 is 1.54. The quantitative estimate of drug-likeness (QED) is 0.798. The molecule has 4 nitrogen and oxygen atoms in total. The van der Waals surface area contributed by atoms with Crippen molar-refractivity contribution in [2.45, 2.75) is 20.3 Å². The Bertz CT molecular complexity index is 349. The van der Waals surface area contributed by atoms with Gasteiger partial charge in [-0.05, 0) is 26.8 Å². The van der Waals surface area contributed by atoms with Crippen molar-refractivity contribution >= 4 is 22.4 Å². The second kappa shape index (κ2) is 4.28. The van der Waals surface area contributed by atoms with Gasteiger partial charge >= 0.3 is 0 Å². The van der Waals surface area contributed by atoms with Gasteiger partial charge in [-0.3, -0.25) is 4.79 Å². The molecule has 1 unspecified atom stereocenters. The zero-order valence-electron chi connectivity index (χ0n) is 8.96. The average molecular weight is 225 g/mol. The van der Waals surface area contributed by atoms with Crippen molar-refractivity contribution in [2.75, 3.05) is 18.4 Å². The van der Waals surface area contributed by atoms with Gasteiger partial charge in [-0.1, -0.05) is 0 Å². The highest BCUT2D eigenvalue weighted by molar-refractivity contribution is 7.15. The van der Waals surface area contributed by atoms with Gasteiger partial charge in [0.15, 0.2) is 5.13 Å². The maximum absolute atomic E-state index is 11.8. The Kier molecular flexibility index (Phi) is 3.02. The number of amides is 1. The van der Waals surface area contributed by atoms with Gasteiger partial charge in [0, 0.05) is 11.4 Å². The van der Waals surface area contributed by atoms with E-state index < -0.39 is 0 Å². The summed E-state index contributed by atoms with van der Waals surface area (Å²) in [5.74, 6) is 0.197. The molecular weight excluding hydrogens is 210 g/mol. The molecule has 1 atom stereocenters. The molecule has 1 fully saturated rings. The van der Waals surface area contributed by atoms with Gasteiger partial charge in [0.25, 0.3) is 0 Å². The van der Waals surface area contributed by atoms with Crippen LogP contribution >= 0.6 is 11.3 Å². The minimum absolute atomic E-state index is 0.0914. The van der Waals surface area contributed by atoms with Crippen molar-refractivity contribution in [1.29, 1.82) is 0 Å². The number of hydrogen-bond donors (Lipinski definition) is 2. The highest BCUT2D eigenvalue weighted by Crippen LogP contribution is 2.22. The maximum atomic E-state index is 11.8. The summed E-state index contributed by atoms with van der Waals surface area (Å²) < 4.78 is 0. The fraction of sp³-hybridized carbons (Fsp3) is 0.600. The Morgan fingerprint density at radius 1 is 1.60 bits per heavy atom. The van der Waals surface area contributed by atoms with Crippen molar-refractivity contribution in [1.82, 2.24) is 10.3 Å². The van der Waals surface area contributed by atoms with Crippen LogP contribution in [0.3, 0.4) is 0 Å². The number of nitrogens with one attached hydrogen (secondary N) is 2. The molecule has 1 amide bonds. The minimum atomic E-state index is 0.0914. The number of rotatable bonds is 2. The second-order valence-electron chi connectivity index (χ2n) is 3.84. The van der Waals surface area contributed by atoms with Crippen molar-refractivity contribution in [3.63, 3.8) is 0 Å². The van der Waals surface area contributed by atoms with E-state index in [1.54, 1.807) is 0 Å². The molecule has 1 aliphatic rings. The number of aryl methyl sites for hydroxylation is 2. The molecule has 2 N–H and O–H groups in total. The van der Waals surface area contributed by atoms with Crippen molar-refractivity contribution in [3.8, 4) is 0 Å². The van der Waals surface area contributed by atoms with E-state index in [0.29, 0.717) is 0 Å². The monoisotopic (exact) mass is 225 g/mol. The molecule has 0 bridgehead atoms. The lowest BCUT2D eigenvalue weighted by Gasteiger charge is -2.06. The number of aromatic nitrogens is 1. The van der Waals surface area contributed by atoms with Crippen molar-refractivity contribution in [3.05, 3.63) is 10.6 Å². The van der Waals surface area contributed by atoms with Crippen LogP contribution in [-0.2, 0) is 4.79 Å². The lowest BCUT2D eigenvalue weighted by atomic mass is 10.1. The zero-order valence-corrected chi connectivity index (χ0v) is 9.78. The molecule has 1 aliphatic heterocycles. The molecule has 1 aromatic heterocycles. The van der Waals surface area contributed by atoms with Crippen LogP contribution in [0.5, 0.6) is 0 Å². The molecule has 0 aromatic carbocycles. The van der Waals surface area contributed by atoms with E-state index in [-0.39, 0.29) is 11.8 Å². The van der Waals surface area contributed by atoms with Gasteiger partial charge in [0.2, 0.25) is 5.91 Å². The van der Waals surface area contributed by atoms with Crippen molar-refractivity contribution < 1.29 is 4.79 Å². The SMILES string of the molecule is Cc1nc(NC(=O)C2CCNC2)sc1C. The Morgan fingerprint density at radius 3 is 2.93 bits per heavy atom. The standard InChI is InChI=1S/C10H15N3OS/c1-6-7(2)15-10(12-6)13-9(14)8-3-4-11-5-8/h8,11H,3-5H2,1-2H3,(H,12,13,14). The fourth-order valence-electron chi connectivity index (χ4n) is 1.61. The van der Waals surface area contributed by atoms with E-state index in [9.17, 15) is 4.79 Å². The molecule has 82 valence electrons. The average Bonchev–Trinajstić information content (AvgIpc) is 2.77. The van der Waals surface area contributed by atoms with Gasteiger partial charge in [-0.15, -0.1) is 11.3 Å². The molecule has 0 aliphatic carbocycles. The number of carbonyl (C=O) groups is 1. The topological polar surface area (TPSA) is 54.0 Å². The molecule has 2 rings (SSSR count). The summed E-state index contributed by atoms with van der Waals surface area (Å²) in [5, 5.41) is 6.78. The van der Waals surface area contributed by atoms with Gasteiger partial charge in [-0.2, -0.15) is 0 Å². The van der Waals surface area contributed by atoms with E-state index in [1.807, 2.05) is 13.8 Å². The van der Waals surface area contributed by atoms with Crippen LogP contribution in [0.25, 0.3) is 0 Å². The molecule has 1 aromatic rings. The molecule has 0 radical (unpaired) electrons. The fourth-order valence-corrected chi connectivity index (χ4v) is 2.43. The minimum Gasteiger partial charge on any atom is -0.316 e. The van der Waals surface area contributed by atoms with Crippen LogP contribution in [0, 0.1) is 19.8 Å². The number of thiazole rings is 1. The number of nitrogens with zero attached hydrogens (tertiary/aromatic N) is 1. The van der Waals surface area contributed by atoms with Crippen LogP contribution in [0.1, 0.15) is 17.0 Å². The van der Waals surface area contributed by atoms with E-state index in [0.717, 1.165) is 35.2 Å². The lowest BCUT2D eigenvalue weighted by molar-refractivity contribution is -0.119. The summed E-state index contributed by atoms with van der Waals surface area (Å²) in [6.45, 7) is 5.70. The third-order valence-corrected chi connectivity index (χ3v) is 3.68. The van der Waals surface area contributed by atoms with Crippen LogP contribution in [0.2, 0.25) is 0 Å². The second-order valence-corrected chi connectivity index (χ2v) is 5.04. The van der Waals surface area contributed by atoms with Gasteiger partial charge < -0.3 is 10.6 Å². The lowest BCUT2D eigenvalue weighted by Crippen LogP contribution is -2.24. The summed E-state index contributed by atoms with van der Waals surface area (Å²) in [5.41, 5.74) is 1.000. The molecule has 1 saturated heterocycles. The molecular formula is C10H15N3OS. The van der Waals surface area contributed by atoms with Crippen LogP contribution in [0.15, 0.2) is 0 Å². The van der Waals surface area contributed by atoms with Crippen molar-refractivity contribution in [2.24, 2.45) is 5.92 Å². The Hall–Kier alpha value is -0.940. The first-order valence-corrected chi connectivity index (χ1v) is 5.94. The third-order valence-electron chi connectivity index (χ3n) is 2.69. The van der Waals surface area contributed by atoms with E-state index in [4.69, 9.17) is 0 Å². The number of anilines is 1. The molecule has 0 saturated carbocycles. The molecule has 15 heavy (non-hydrogen) atoms. The normalized spacial score (nSPS) is 20.5.